The first-order valence-corrected chi connectivity index (χ1v) is 9.11. The van der Waals surface area contributed by atoms with Gasteiger partial charge in [0.1, 0.15) is 5.75 Å². The summed E-state index contributed by atoms with van der Waals surface area (Å²) in [6.07, 6.45) is 0.857. The molecule has 0 aliphatic heterocycles. The SMILES string of the molecule is COc1ccc(CCn2c(-c3ccc(C)cc3C)cc(C(N)=O)c2C)cc1. The second-order valence-electron chi connectivity index (χ2n) is 6.96. The van der Waals surface area contributed by atoms with E-state index in [-0.39, 0.29) is 5.91 Å². The summed E-state index contributed by atoms with van der Waals surface area (Å²) in [5.74, 6) is 0.463. The number of primary amides is 1. The number of hydrogen-bond acceptors (Lipinski definition) is 2. The van der Waals surface area contributed by atoms with Gasteiger partial charge in [0.05, 0.1) is 12.7 Å². The van der Waals surface area contributed by atoms with E-state index in [1.54, 1.807) is 7.11 Å². The van der Waals surface area contributed by atoms with Crippen LogP contribution in [0.15, 0.2) is 48.5 Å². The van der Waals surface area contributed by atoms with E-state index in [1.165, 1.54) is 16.7 Å². The van der Waals surface area contributed by atoms with Crippen molar-refractivity contribution >= 4 is 5.91 Å². The van der Waals surface area contributed by atoms with Crippen molar-refractivity contribution in [2.45, 2.75) is 33.7 Å². The smallest absolute Gasteiger partial charge is 0.250 e. The van der Waals surface area contributed by atoms with Crippen LogP contribution >= 0.6 is 0 Å². The predicted molar refractivity (Wildman–Crippen MR) is 109 cm³/mol. The highest BCUT2D eigenvalue weighted by Gasteiger charge is 2.17. The van der Waals surface area contributed by atoms with Gasteiger partial charge in [0, 0.05) is 23.5 Å². The van der Waals surface area contributed by atoms with Gasteiger partial charge in [0.15, 0.2) is 0 Å². The van der Waals surface area contributed by atoms with Crippen molar-refractivity contribution in [1.29, 1.82) is 0 Å². The molecular formula is C23H26N2O2. The summed E-state index contributed by atoms with van der Waals surface area (Å²) in [5.41, 5.74) is 12.9. The molecular weight excluding hydrogens is 336 g/mol. The monoisotopic (exact) mass is 362 g/mol. The third-order valence-electron chi connectivity index (χ3n) is 5.07. The third kappa shape index (κ3) is 3.90. The summed E-state index contributed by atoms with van der Waals surface area (Å²) < 4.78 is 7.42. The molecule has 3 aromatic rings. The minimum Gasteiger partial charge on any atom is -0.497 e. The molecule has 2 N–H and O–H groups in total. The number of aromatic nitrogens is 1. The van der Waals surface area contributed by atoms with Gasteiger partial charge in [-0.2, -0.15) is 0 Å². The molecule has 0 saturated carbocycles. The topological polar surface area (TPSA) is 57.2 Å². The van der Waals surface area contributed by atoms with E-state index in [0.29, 0.717) is 5.56 Å². The third-order valence-corrected chi connectivity index (χ3v) is 5.07. The van der Waals surface area contributed by atoms with Crippen molar-refractivity contribution < 1.29 is 9.53 Å². The lowest BCUT2D eigenvalue weighted by molar-refractivity contribution is 0.0999. The lowest BCUT2D eigenvalue weighted by atomic mass is 10.0. The van der Waals surface area contributed by atoms with Gasteiger partial charge in [0.25, 0.3) is 5.91 Å². The molecule has 140 valence electrons. The Morgan fingerprint density at radius 3 is 2.33 bits per heavy atom. The largest absolute Gasteiger partial charge is 0.497 e. The van der Waals surface area contributed by atoms with Crippen LogP contribution in [0.25, 0.3) is 11.3 Å². The highest BCUT2D eigenvalue weighted by molar-refractivity contribution is 5.95. The molecule has 4 nitrogen and oxygen atoms in total. The minimum atomic E-state index is -0.387. The number of amides is 1. The van der Waals surface area contributed by atoms with Crippen LogP contribution < -0.4 is 10.5 Å². The van der Waals surface area contributed by atoms with Crippen molar-refractivity contribution in [3.8, 4) is 17.0 Å². The first-order chi connectivity index (χ1) is 12.9. The number of aryl methyl sites for hydroxylation is 3. The molecule has 4 heteroatoms. The number of methoxy groups -OCH3 is 1. The summed E-state index contributed by atoms with van der Waals surface area (Å²) in [7, 11) is 1.67. The number of carbonyl (C=O) groups excluding carboxylic acids is 1. The molecule has 27 heavy (non-hydrogen) atoms. The molecule has 0 atom stereocenters. The molecule has 0 aliphatic carbocycles. The molecule has 0 saturated heterocycles. The van der Waals surface area contributed by atoms with Crippen LogP contribution in [0.1, 0.15) is 32.7 Å². The van der Waals surface area contributed by atoms with E-state index in [4.69, 9.17) is 10.5 Å². The fourth-order valence-electron chi connectivity index (χ4n) is 3.54. The van der Waals surface area contributed by atoms with Crippen LogP contribution in [0.4, 0.5) is 0 Å². The van der Waals surface area contributed by atoms with E-state index in [2.05, 4.69) is 48.7 Å². The van der Waals surface area contributed by atoms with Crippen molar-refractivity contribution in [2.75, 3.05) is 7.11 Å². The van der Waals surface area contributed by atoms with Crippen LogP contribution in [0.3, 0.4) is 0 Å². The average molecular weight is 362 g/mol. The van der Waals surface area contributed by atoms with Gasteiger partial charge < -0.3 is 15.0 Å². The molecule has 3 rings (SSSR count). The van der Waals surface area contributed by atoms with Crippen LogP contribution in [0.2, 0.25) is 0 Å². The summed E-state index contributed by atoms with van der Waals surface area (Å²) in [6.45, 7) is 6.91. The molecule has 0 aliphatic rings. The number of nitrogens with two attached hydrogens (primary N) is 1. The van der Waals surface area contributed by atoms with Crippen LogP contribution in [-0.4, -0.2) is 17.6 Å². The quantitative estimate of drug-likeness (QED) is 0.705. The molecule has 2 aromatic carbocycles. The first-order valence-electron chi connectivity index (χ1n) is 9.11. The van der Waals surface area contributed by atoms with Gasteiger partial charge >= 0.3 is 0 Å². The second kappa shape index (κ2) is 7.70. The first kappa shape index (κ1) is 18.8. The average Bonchev–Trinajstić information content (AvgIpc) is 2.97. The lowest BCUT2D eigenvalue weighted by Gasteiger charge is -2.14. The van der Waals surface area contributed by atoms with Gasteiger partial charge in [-0.1, -0.05) is 35.9 Å². The Morgan fingerprint density at radius 2 is 1.74 bits per heavy atom. The number of nitrogens with zero attached hydrogens (tertiary/aromatic N) is 1. The second-order valence-corrected chi connectivity index (χ2v) is 6.96. The fourth-order valence-corrected chi connectivity index (χ4v) is 3.54. The van der Waals surface area contributed by atoms with Gasteiger partial charge in [-0.25, -0.2) is 0 Å². The van der Waals surface area contributed by atoms with Crippen molar-refractivity contribution in [3.63, 3.8) is 0 Å². The van der Waals surface area contributed by atoms with Gasteiger partial charge in [-0.15, -0.1) is 0 Å². The Hall–Kier alpha value is -3.01. The zero-order valence-electron chi connectivity index (χ0n) is 16.4. The summed E-state index contributed by atoms with van der Waals surface area (Å²) >= 11 is 0. The molecule has 0 radical (unpaired) electrons. The van der Waals surface area contributed by atoms with E-state index in [0.717, 1.165) is 35.7 Å². The minimum absolute atomic E-state index is 0.387. The zero-order valence-corrected chi connectivity index (χ0v) is 16.4. The molecule has 0 bridgehead atoms. The maximum absolute atomic E-state index is 11.9. The lowest BCUT2D eigenvalue weighted by Crippen LogP contribution is -2.13. The Morgan fingerprint density at radius 1 is 1.04 bits per heavy atom. The number of rotatable bonds is 6. The van der Waals surface area contributed by atoms with Gasteiger partial charge in [0.2, 0.25) is 0 Å². The predicted octanol–water partition coefficient (Wildman–Crippen LogP) is 4.43. The van der Waals surface area contributed by atoms with Gasteiger partial charge in [-0.3, -0.25) is 4.79 Å². The van der Waals surface area contributed by atoms with E-state index >= 15 is 0 Å². The van der Waals surface area contributed by atoms with Crippen molar-refractivity contribution in [3.05, 3.63) is 76.5 Å². The summed E-state index contributed by atoms with van der Waals surface area (Å²) in [5, 5.41) is 0. The standard InChI is InChI=1S/C23H26N2O2/c1-15-5-10-20(16(2)13-15)22-14-21(23(24)26)17(3)25(22)12-11-18-6-8-19(27-4)9-7-18/h5-10,13-14H,11-12H2,1-4H3,(H2,24,26). The fraction of sp³-hybridized carbons (Fsp3) is 0.261. The molecule has 1 aromatic heterocycles. The molecule has 1 amide bonds. The van der Waals surface area contributed by atoms with Crippen LogP contribution in [0.5, 0.6) is 5.75 Å². The van der Waals surface area contributed by atoms with E-state index < -0.39 is 0 Å². The normalized spacial score (nSPS) is 10.8. The Labute approximate surface area is 160 Å². The summed E-state index contributed by atoms with van der Waals surface area (Å²) in [6, 6.07) is 16.4. The Kier molecular flexibility index (Phi) is 5.36. The Balaban J connectivity index is 1.98. The van der Waals surface area contributed by atoms with Gasteiger partial charge in [-0.05, 0) is 56.5 Å². The maximum atomic E-state index is 11.9. The van der Waals surface area contributed by atoms with Crippen LogP contribution in [0, 0.1) is 20.8 Å². The highest BCUT2D eigenvalue weighted by atomic mass is 16.5. The molecule has 0 spiro atoms. The molecule has 0 unspecified atom stereocenters. The zero-order chi connectivity index (χ0) is 19.6. The highest BCUT2D eigenvalue weighted by Crippen LogP contribution is 2.29. The number of hydrogen-bond donors (Lipinski definition) is 1. The maximum Gasteiger partial charge on any atom is 0.250 e. The molecule has 1 heterocycles. The van der Waals surface area contributed by atoms with Crippen molar-refractivity contribution in [2.24, 2.45) is 5.73 Å². The number of carbonyl (C=O) groups is 1. The molecule has 0 fully saturated rings. The Bertz CT molecular complexity index is 969. The number of ether oxygens (including phenoxy) is 1. The van der Waals surface area contributed by atoms with Crippen LogP contribution in [-0.2, 0) is 13.0 Å². The van der Waals surface area contributed by atoms with E-state index in [9.17, 15) is 4.79 Å². The van der Waals surface area contributed by atoms with E-state index in [1.807, 2.05) is 25.1 Å². The number of benzene rings is 2. The van der Waals surface area contributed by atoms with Crippen molar-refractivity contribution in [1.82, 2.24) is 4.57 Å². The summed E-state index contributed by atoms with van der Waals surface area (Å²) in [4.78, 5) is 11.9.